The third-order valence-electron chi connectivity index (χ3n) is 5.32. The quantitative estimate of drug-likeness (QED) is 0.217. The van der Waals surface area contributed by atoms with Gasteiger partial charge in [0.15, 0.2) is 0 Å². The third kappa shape index (κ3) is 12.1. The molecule has 3 heteroatoms. The van der Waals surface area contributed by atoms with Gasteiger partial charge in [0, 0.05) is 0 Å². The second-order valence-corrected chi connectivity index (χ2v) is 17.2. The van der Waals surface area contributed by atoms with Crippen molar-refractivity contribution >= 4 is 19.2 Å². The molecule has 0 heterocycles. The van der Waals surface area contributed by atoms with Crippen molar-refractivity contribution in [2.45, 2.75) is 108 Å². The molecule has 0 saturated carbocycles. The Hall–Kier alpha value is 0.719. The second kappa shape index (κ2) is 15.9. The molecule has 0 amide bonds. The fourth-order valence-corrected chi connectivity index (χ4v) is 10.3. The van der Waals surface area contributed by atoms with E-state index in [2.05, 4.69) is 39.6 Å². The molecular weight excluding hydrogens is 403 g/mol. The Bertz CT molecular complexity index is 251. The molecule has 0 aliphatic carbocycles. The van der Waals surface area contributed by atoms with Gasteiger partial charge in [0.25, 0.3) is 0 Å². The summed E-state index contributed by atoms with van der Waals surface area (Å²) in [6.07, 6.45) is 12.9. The molecule has 0 aromatic heterocycles. The first-order valence-corrected chi connectivity index (χ1v) is 18.0. The average Bonchev–Trinajstić information content (AvgIpc) is 2.60. The molecule has 0 saturated heterocycles. The molecule has 0 aliphatic rings. The zero-order valence-corrected chi connectivity index (χ0v) is 20.5. The summed E-state index contributed by atoms with van der Waals surface area (Å²) in [5, 5.41) is 0. The Morgan fingerprint density at radius 2 is 1.08 bits per heavy atom. The van der Waals surface area contributed by atoms with E-state index in [4.69, 9.17) is 6.15 Å². The Balaban J connectivity index is 4.50. The van der Waals surface area contributed by atoms with Crippen LogP contribution in [0.25, 0.3) is 0 Å². The first kappa shape index (κ1) is 24.7. The van der Waals surface area contributed by atoms with Gasteiger partial charge >= 0.3 is 159 Å². The average molecular weight is 449 g/mol. The van der Waals surface area contributed by atoms with Crippen molar-refractivity contribution in [3.05, 3.63) is 0 Å². The van der Waals surface area contributed by atoms with Crippen LogP contribution in [0.2, 0.25) is 9.38 Å². The van der Waals surface area contributed by atoms with Crippen LogP contribution < -0.4 is 0 Å². The summed E-state index contributed by atoms with van der Waals surface area (Å²) in [4.78, 5) is 2.38. The molecule has 0 rings (SSSR count). The Morgan fingerprint density at radius 1 is 0.667 bits per heavy atom. The van der Waals surface area contributed by atoms with Crippen molar-refractivity contribution in [2.24, 2.45) is 11.8 Å². The zero-order valence-electron chi connectivity index (χ0n) is 17.7. The van der Waals surface area contributed by atoms with Crippen LogP contribution in [-0.2, 0) is 6.15 Å². The number of hydrogen-bond donors (Lipinski definition) is 0. The number of hydrogen-bond acceptors (Lipinski definition) is 2. The maximum atomic E-state index is 6.57. The number of unbranched alkanes of at least 4 members (excludes halogenated alkanes) is 3. The van der Waals surface area contributed by atoms with Crippen LogP contribution >= 0.6 is 0 Å². The maximum absolute atomic E-state index is 6.57. The van der Waals surface area contributed by atoms with E-state index in [1.54, 1.807) is 0 Å². The van der Waals surface area contributed by atoms with Gasteiger partial charge in [0.1, 0.15) is 0 Å². The van der Waals surface area contributed by atoms with Gasteiger partial charge in [-0.3, -0.25) is 0 Å². The summed E-state index contributed by atoms with van der Waals surface area (Å²) < 4.78 is 14.4. The number of rotatable bonds is 17. The van der Waals surface area contributed by atoms with Crippen LogP contribution in [0.4, 0.5) is 0 Å². The second-order valence-electron chi connectivity index (χ2n) is 7.69. The van der Waals surface area contributed by atoms with Crippen LogP contribution in [0.3, 0.4) is 0 Å². The molecule has 0 aromatic carbocycles. The predicted molar refractivity (Wildman–Crippen MR) is 110 cm³/mol. The normalized spacial score (nSPS) is 16.8. The van der Waals surface area contributed by atoms with Crippen LogP contribution in [0.15, 0.2) is 0 Å². The standard InChI is InChI=1S/2C8H17O.C4H9.CH3.Sn/c2*1-3-5-6-8(4-2)7-9;1-3-4-2;;/h2*8H,3-7H2,1-2H3;1,3-4H2,2H3;1H3;/q2*-1;;;+2. The summed E-state index contributed by atoms with van der Waals surface area (Å²) in [5.74, 6) is 1.46. The van der Waals surface area contributed by atoms with Gasteiger partial charge in [-0.05, 0) is 0 Å². The fraction of sp³-hybridized carbons (Fsp3) is 1.00. The molecule has 0 N–H and O–H groups in total. The van der Waals surface area contributed by atoms with Gasteiger partial charge in [0.05, 0.1) is 0 Å². The van der Waals surface area contributed by atoms with Gasteiger partial charge in [-0.1, -0.05) is 0 Å². The monoisotopic (exact) mass is 450 g/mol. The van der Waals surface area contributed by atoms with Crippen LogP contribution in [0.1, 0.15) is 98.8 Å². The summed E-state index contributed by atoms with van der Waals surface area (Å²) in [6, 6.07) is 0. The molecule has 0 bridgehead atoms. The third-order valence-corrected chi connectivity index (χ3v) is 13.4. The molecule has 2 nitrogen and oxygen atoms in total. The topological polar surface area (TPSA) is 18.5 Å². The zero-order chi connectivity index (χ0) is 18.3. The van der Waals surface area contributed by atoms with Crippen LogP contribution in [0, 0.1) is 11.8 Å². The first-order valence-electron chi connectivity index (χ1n) is 10.8. The van der Waals surface area contributed by atoms with E-state index in [0.717, 1.165) is 25.0 Å². The van der Waals surface area contributed by atoms with E-state index < -0.39 is 19.2 Å². The molecular formula is C21H46O2Sn. The molecule has 2 atom stereocenters. The summed E-state index contributed by atoms with van der Waals surface area (Å²) in [7, 11) is 0. The SMILES string of the molecule is CCCCC(CC)C[O][Sn]([CH3])([CH2]CCC)[O]CC(CC)CCCC. The van der Waals surface area contributed by atoms with Crippen molar-refractivity contribution in [3.63, 3.8) is 0 Å². The molecule has 0 spiro atoms. The van der Waals surface area contributed by atoms with E-state index in [1.165, 1.54) is 68.6 Å². The van der Waals surface area contributed by atoms with E-state index in [0.29, 0.717) is 0 Å². The molecule has 0 aliphatic heterocycles. The van der Waals surface area contributed by atoms with Gasteiger partial charge in [-0.15, -0.1) is 0 Å². The van der Waals surface area contributed by atoms with Gasteiger partial charge < -0.3 is 0 Å². The Kier molecular flexibility index (Phi) is 16.4. The molecule has 146 valence electrons. The van der Waals surface area contributed by atoms with Crippen molar-refractivity contribution in [1.29, 1.82) is 0 Å². The Labute approximate surface area is 158 Å². The van der Waals surface area contributed by atoms with Crippen LogP contribution in [-0.4, -0.2) is 32.4 Å². The minimum atomic E-state index is -2.83. The molecule has 0 radical (unpaired) electrons. The molecule has 0 fully saturated rings. The van der Waals surface area contributed by atoms with Gasteiger partial charge in [-0.25, -0.2) is 0 Å². The van der Waals surface area contributed by atoms with Gasteiger partial charge in [-0.2, -0.15) is 0 Å². The van der Waals surface area contributed by atoms with Crippen molar-refractivity contribution in [2.75, 3.05) is 13.2 Å². The van der Waals surface area contributed by atoms with Crippen molar-refractivity contribution in [3.8, 4) is 0 Å². The van der Waals surface area contributed by atoms with Gasteiger partial charge in [0.2, 0.25) is 0 Å². The van der Waals surface area contributed by atoms with E-state index in [9.17, 15) is 0 Å². The molecule has 0 aromatic rings. The Morgan fingerprint density at radius 3 is 1.42 bits per heavy atom. The predicted octanol–water partition coefficient (Wildman–Crippen LogP) is 7.32. The van der Waals surface area contributed by atoms with Crippen molar-refractivity contribution < 1.29 is 6.15 Å². The molecule has 24 heavy (non-hydrogen) atoms. The summed E-state index contributed by atoms with van der Waals surface area (Å²) in [5.41, 5.74) is 0. The van der Waals surface area contributed by atoms with E-state index in [-0.39, 0.29) is 0 Å². The van der Waals surface area contributed by atoms with E-state index in [1.807, 2.05) is 0 Å². The van der Waals surface area contributed by atoms with E-state index >= 15 is 0 Å². The minimum absolute atomic E-state index is 0.730. The van der Waals surface area contributed by atoms with Crippen LogP contribution in [0.5, 0.6) is 0 Å². The first-order chi connectivity index (χ1) is 11.5. The fourth-order valence-electron chi connectivity index (χ4n) is 3.07. The van der Waals surface area contributed by atoms with Crippen molar-refractivity contribution in [1.82, 2.24) is 0 Å². The summed E-state index contributed by atoms with van der Waals surface area (Å²) >= 11 is -2.83. The molecule has 2 unspecified atom stereocenters. The summed E-state index contributed by atoms with van der Waals surface area (Å²) in [6.45, 7) is 13.3.